The number of fused-ring (bicyclic) bond motifs is 1. The molecule has 0 atom stereocenters. The largest absolute Gasteiger partial charge is 0.506 e. The molecule has 9 nitrogen and oxygen atoms in total. The fourth-order valence-corrected chi connectivity index (χ4v) is 4.33. The first-order chi connectivity index (χ1) is 13.5. The number of pyridine rings is 1. The van der Waals surface area contributed by atoms with Gasteiger partial charge < -0.3 is 20.1 Å². The Hall–Kier alpha value is -3.14. The summed E-state index contributed by atoms with van der Waals surface area (Å²) in [5.74, 6) is -2.17. The van der Waals surface area contributed by atoms with Crippen LogP contribution in [-0.2, 0) is 21.4 Å². The second-order valence-electron chi connectivity index (χ2n) is 7.18. The molecule has 0 unspecified atom stereocenters. The van der Waals surface area contributed by atoms with Gasteiger partial charge in [0.1, 0.15) is 11.3 Å². The van der Waals surface area contributed by atoms with Crippen molar-refractivity contribution in [1.29, 1.82) is 0 Å². The molecule has 154 valence electrons. The number of amidine groups is 1. The van der Waals surface area contributed by atoms with E-state index in [1.807, 2.05) is 13.8 Å². The van der Waals surface area contributed by atoms with Gasteiger partial charge in [0.05, 0.1) is 5.52 Å². The number of carboxylic acid groups (broad SMARTS) is 1. The Kier molecular flexibility index (Phi) is 5.22. The van der Waals surface area contributed by atoms with Crippen molar-refractivity contribution in [3.05, 3.63) is 50.8 Å². The molecule has 0 saturated carbocycles. The number of allylic oxidation sites excluding steroid dienone is 1. The number of para-hydroxylation sites is 1. The van der Waals surface area contributed by atoms with Gasteiger partial charge in [0.25, 0.3) is 15.6 Å². The molecule has 1 aromatic heterocycles. The normalized spacial score (nSPS) is 16.1. The van der Waals surface area contributed by atoms with Crippen molar-refractivity contribution in [2.24, 2.45) is 10.3 Å². The summed E-state index contributed by atoms with van der Waals surface area (Å²) in [5.41, 5.74) is -0.616. The van der Waals surface area contributed by atoms with E-state index in [1.165, 1.54) is 11.5 Å². The van der Waals surface area contributed by atoms with Gasteiger partial charge in [-0.05, 0) is 31.4 Å². The first kappa shape index (κ1) is 20.6. The molecule has 1 aliphatic heterocycles. The fraction of sp³-hybridized carbons (Fsp3) is 0.316. The molecule has 3 N–H and O–H groups in total. The smallest absolute Gasteiger partial charge is 0.351 e. The molecule has 0 fully saturated rings. The van der Waals surface area contributed by atoms with Crippen molar-refractivity contribution in [3.63, 3.8) is 0 Å². The number of sulfonamides is 1. The van der Waals surface area contributed by atoms with E-state index in [1.54, 1.807) is 24.3 Å². The van der Waals surface area contributed by atoms with Crippen molar-refractivity contribution in [2.75, 3.05) is 0 Å². The quantitative estimate of drug-likeness (QED) is 0.671. The Bertz CT molecular complexity index is 1240. The average molecular weight is 419 g/mol. The summed E-state index contributed by atoms with van der Waals surface area (Å²) >= 11 is 0. The van der Waals surface area contributed by atoms with E-state index in [0.29, 0.717) is 29.8 Å². The van der Waals surface area contributed by atoms with Crippen LogP contribution in [0.2, 0.25) is 0 Å². The standard InChI is InChI=1S/C19H21N3O6S/c1-10(2)8-9-22-13-7-5-4-6-12(13)15(23)14(18(22)24)17-20-11(3)16(19(25)26)29(27,28)21-17/h4-7,10,23H,8-9H2,1-3H3,(H,20,21)(H,25,26). The lowest BCUT2D eigenvalue weighted by Gasteiger charge is -2.20. The van der Waals surface area contributed by atoms with Crippen LogP contribution in [0.5, 0.6) is 5.75 Å². The van der Waals surface area contributed by atoms with Crippen molar-refractivity contribution in [3.8, 4) is 5.75 Å². The topological polar surface area (TPSA) is 138 Å². The number of carbonyl (C=O) groups is 1. The molecule has 29 heavy (non-hydrogen) atoms. The number of aromatic nitrogens is 1. The van der Waals surface area contributed by atoms with E-state index in [9.17, 15) is 23.1 Å². The van der Waals surface area contributed by atoms with Crippen LogP contribution in [-0.4, -0.2) is 35.0 Å². The maximum atomic E-state index is 13.2. The van der Waals surface area contributed by atoms with Gasteiger partial charge in [-0.25, -0.2) is 4.79 Å². The molecule has 3 rings (SSSR count). The van der Waals surface area contributed by atoms with E-state index in [0.717, 1.165) is 0 Å². The third-order valence-electron chi connectivity index (χ3n) is 4.62. The monoisotopic (exact) mass is 419 g/mol. The highest BCUT2D eigenvalue weighted by atomic mass is 32.2. The molecule has 1 aliphatic rings. The molecule has 10 heteroatoms. The first-order valence-corrected chi connectivity index (χ1v) is 10.4. The SMILES string of the molecule is CC1=C(C(=O)O)S(=O)(=O)N=C(c2c(O)c3ccccc3n(CCC(C)C)c2=O)N1. The summed E-state index contributed by atoms with van der Waals surface area (Å²) in [6.45, 7) is 5.63. The first-order valence-electron chi connectivity index (χ1n) is 8.95. The van der Waals surface area contributed by atoms with Crippen LogP contribution in [0, 0.1) is 5.92 Å². The maximum absolute atomic E-state index is 13.2. The predicted octanol–water partition coefficient (Wildman–Crippen LogP) is 1.75. The third-order valence-corrected chi connectivity index (χ3v) is 6.04. The minimum absolute atomic E-state index is 0.191. The van der Waals surface area contributed by atoms with Crippen molar-refractivity contribution in [2.45, 2.75) is 33.7 Å². The molecule has 0 bridgehead atoms. The zero-order valence-corrected chi connectivity index (χ0v) is 16.9. The predicted molar refractivity (Wildman–Crippen MR) is 108 cm³/mol. The van der Waals surface area contributed by atoms with Gasteiger partial charge >= 0.3 is 5.97 Å². The highest BCUT2D eigenvalue weighted by Crippen LogP contribution is 2.29. The Balaban J connectivity index is 2.29. The average Bonchev–Trinajstić information content (AvgIpc) is 2.59. The Morgan fingerprint density at radius 3 is 2.52 bits per heavy atom. The number of rotatable bonds is 5. The van der Waals surface area contributed by atoms with Gasteiger partial charge in [-0.3, -0.25) is 4.79 Å². The second-order valence-corrected chi connectivity index (χ2v) is 8.72. The summed E-state index contributed by atoms with van der Waals surface area (Å²) < 4.78 is 29.6. The summed E-state index contributed by atoms with van der Waals surface area (Å²) in [7, 11) is -4.55. The lowest BCUT2D eigenvalue weighted by Crippen LogP contribution is -2.38. The van der Waals surface area contributed by atoms with Crippen LogP contribution in [0.1, 0.15) is 32.8 Å². The van der Waals surface area contributed by atoms with Gasteiger partial charge in [-0.15, -0.1) is 4.40 Å². The van der Waals surface area contributed by atoms with Gasteiger partial charge in [-0.1, -0.05) is 26.0 Å². The van der Waals surface area contributed by atoms with E-state index in [2.05, 4.69) is 9.71 Å². The van der Waals surface area contributed by atoms with Gasteiger partial charge in [-0.2, -0.15) is 8.42 Å². The molecule has 0 spiro atoms. The highest BCUT2D eigenvalue weighted by molar-refractivity contribution is 7.95. The summed E-state index contributed by atoms with van der Waals surface area (Å²) in [6, 6.07) is 6.73. The lowest BCUT2D eigenvalue weighted by molar-refractivity contribution is -0.131. The maximum Gasteiger partial charge on any atom is 0.351 e. The lowest BCUT2D eigenvalue weighted by atomic mass is 10.1. The van der Waals surface area contributed by atoms with Crippen molar-refractivity contribution < 1.29 is 23.4 Å². The number of hydrogen-bond acceptors (Lipinski definition) is 6. The number of aliphatic carboxylic acids is 1. The molecule has 0 saturated heterocycles. The number of aryl methyl sites for hydroxylation is 1. The third kappa shape index (κ3) is 3.63. The number of hydrogen-bond donors (Lipinski definition) is 3. The van der Waals surface area contributed by atoms with E-state index >= 15 is 0 Å². The molecule has 0 aliphatic carbocycles. The summed E-state index contributed by atoms with van der Waals surface area (Å²) in [5, 5.41) is 22.8. The molecule has 0 radical (unpaired) electrons. The molecule has 0 amide bonds. The van der Waals surface area contributed by atoms with Crippen LogP contribution in [0.25, 0.3) is 10.9 Å². The minimum atomic E-state index is -4.55. The molecular formula is C19H21N3O6S. The van der Waals surface area contributed by atoms with Gasteiger partial charge in [0, 0.05) is 17.6 Å². The number of benzene rings is 1. The van der Waals surface area contributed by atoms with Crippen LogP contribution >= 0.6 is 0 Å². The van der Waals surface area contributed by atoms with E-state index in [4.69, 9.17) is 5.11 Å². The number of nitrogens with zero attached hydrogens (tertiary/aromatic N) is 2. The van der Waals surface area contributed by atoms with Gasteiger partial charge in [0.2, 0.25) is 0 Å². The Morgan fingerprint density at radius 1 is 1.28 bits per heavy atom. The number of nitrogens with one attached hydrogen (secondary N) is 1. The Labute approximate surface area is 167 Å². The zero-order valence-electron chi connectivity index (χ0n) is 16.1. The molecule has 2 aromatic rings. The Morgan fingerprint density at radius 2 is 1.93 bits per heavy atom. The molecule has 1 aromatic carbocycles. The minimum Gasteiger partial charge on any atom is -0.506 e. The number of carboxylic acids is 1. The van der Waals surface area contributed by atoms with Gasteiger partial charge in [0.15, 0.2) is 10.7 Å². The van der Waals surface area contributed by atoms with E-state index in [-0.39, 0.29) is 11.3 Å². The van der Waals surface area contributed by atoms with Crippen LogP contribution < -0.4 is 10.9 Å². The van der Waals surface area contributed by atoms with Crippen molar-refractivity contribution >= 4 is 32.7 Å². The molecular weight excluding hydrogens is 398 g/mol. The summed E-state index contributed by atoms with van der Waals surface area (Å²) in [6.07, 6.45) is 0.689. The summed E-state index contributed by atoms with van der Waals surface area (Å²) in [4.78, 5) is 23.6. The number of aromatic hydroxyl groups is 1. The van der Waals surface area contributed by atoms with Crippen LogP contribution in [0.15, 0.2) is 44.1 Å². The van der Waals surface area contributed by atoms with Crippen molar-refractivity contribution in [1.82, 2.24) is 9.88 Å². The van der Waals surface area contributed by atoms with Crippen LogP contribution in [0.4, 0.5) is 0 Å². The fourth-order valence-electron chi connectivity index (χ4n) is 3.21. The highest BCUT2D eigenvalue weighted by Gasteiger charge is 2.34. The van der Waals surface area contributed by atoms with Crippen LogP contribution in [0.3, 0.4) is 0 Å². The zero-order chi connectivity index (χ0) is 21.5. The second kappa shape index (κ2) is 7.36. The van der Waals surface area contributed by atoms with E-state index < -0.39 is 38.0 Å². The molecule has 2 heterocycles.